The Kier molecular flexibility index (Phi) is 6.18. The van der Waals surface area contributed by atoms with E-state index in [9.17, 15) is 13.2 Å². The summed E-state index contributed by atoms with van der Waals surface area (Å²) < 4.78 is 46.6. The van der Waals surface area contributed by atoms with Crippen molar-refractivity contribution in [1.82, 2.24) is 19.7 Å². The van der Waals surface area contributed by atoms with Crippen molar-refractivity contribution < 1.29 is 32.2 Å². The molecule has 0 unspecified atom stereocenters. The van der Waals surface area contributed by atoms with E-state index < -0.39 is 16.1 Å². The van der Waals surface area contributed by atoms with Crippen molar-refractivity contribution in [3.05, 3.63) is 18.2 Å². The van der Waals surface area contributed by atoms with Gasteiger partial charge in [0.05, 0.1) is 28.4 Å². The van der Waals surface area contributed by atoms with Crippen LogP contribution in [0.15, 0.2) is 23.1 Å². The van der Waals surface area contributed by atoms with Gasteiger partial charge in [0.1, 0.15) is 16.4 Å². The number of sulfonamides is 1. The Hall–Kier alpha value is -3.35. The van der Waals surface area contributed by atoms with Gasteiger partial charge in [-0.2, -0.15) is 9.97 Å². The Balaban J connectivity index is 2.25. The smallest absolute Gasteiger partial charge is 0.335 e. The molecule has 0 radical (unpaired) electrons. The van der Waals surface area contributed by atoms with Gasteiger partial charge in [0.25, 0.3) is 10.0 Å². The molecule has 13 heteroatoms. The minimum atomic E-state index is -4.29. The highest BCUT2D eigenvalue weighted by molar-refractivity contribution is 7.90. The van der Waals surface area contributed by atoms with E-state index in [0.29, 0.717) is 0 Å². The van der Waals surface area contributed by atoms with Crippen LogP contribution in [0.3, 0.4) is 0 Å². The molecule has 2 aromatic rings. The molecule has 0 aliphatic rings. The third-order valence-corrected chi connectivity index (χ3v) is 4.42. The van der Waals surface area contributed by atoms with Crippen molar-refractivity contribution in [3.8, 4) is 23.5 Å². The summed E-state index contributed by atoms with van der Waals surface area (Å²) in [6.07, 6.45) is 0. The number of aromatic nitrogens is 3. The maximum atomic E-state index is 12.5. The highest BCUT2D eigenvalue weighted by Gasteiger charge is 2.24. The van der Waals surface area contributed by atoms with Crippen LogP contribution in [-0.4, -0.2) is 57.8 Å². The van der Waals surface area contributed by atoms with Gasteiger partial charge in [0.15, 0.2) is 0 Å². The lowest BCUT2D eigenvalue weighted by atomic mass is 10.3. The number of rotatable bonds is 7. The second-order valence-electron chi connectivity index (χ2n) is 4.71. The average Bonchev–Trinajstić information content (AvgIpc) is 2.66. The molecule has 0 saturated carbocycles. The van der Waals surface area contributed by atoms with Crippen LogP contribution in [0.1, 0.15) is 0 Å². The maximum Gasteiger partial charge on any atom is 0.335 e. The largest absolute Gasteiger partial charge is 0.497 e. The molecule has 1 heterocycles. The van der Waals surface area contributed by atoms with Gasteiger partial charge in [-0.05, 0) is 12.1 Å². The fourth-order valence-electron chi connectivity index (χ4n) is 1.87. The maximum absolute atomic E-state index is 12.5. The molecule has 2 N–H and O–H groups in total. The zero-order chi connectivity index (χ0) is 20.0. The summed E-state index contributed by atoms with van der Waals surface area (Å²) in [7, 11) is 0.991. The summed E-state index contributed by atoms with van der Waals surface area (Å²) in [5.74, 6) is 0.0205. The lowest BCUT2D eigenvalue weighted by Crippen LogP contribution is -2.35. The molecule has 0 aliphatic heterocycles. The van der Waals surface area contributed by atoms with Gasteiger partial charge in [0.2, 0.25) is 5.95 Å². The zero-order valence-electron chi connectivity index (χ0n) is 14.8. The number of amides is 2. The molecular weight excluding hydrogens is 382 g/mol. The van der Waals surface area contributed by atoms with Crippen LogP contribution in [0.2, 0.25) is 0 Å². The SMILES string of the molecule is COc1ccc(OC)c(S(=O)(=O)NC(=O)Nc2nc(OC)nc(OC)n2)c1. The normalized spacial score (nSPS) is 10.7. The summed E-state index contributed by atoms with van der Waals surface area (Å²) in [6, 6.07) is 2.75. The quantitative estimate of drug-likeness (QED) is 0.670. The second kappa shape index (κ2) is 8.35. The lowest BCUT2D eigenvalue weighted by molar-refractivity contribution is 0.256. The summed E-state index contributed by atoms with van der Waals surface area (Å²) in [6.45, 7) is 0. The van der Waals surface area contributed by atoms with Crippen molar-refractivity contribution in [2.75, 3.05) is 33.8 Å². The predicted molar refractivity (Wildman–Crippen MR) is 91.8 cm³/mol. The van der Waals surface area contributed by atoms with Gasteiger partial charge in [-0.15, -0.1) is 4.98 Å². The molecule has 0 bridgehead atoms. The average molecular weight is 399 g/mol. The molecule has 27 heavy (non-hydrogen) atoms. The summed E-state index contributed by atoms with van der Waals surface area (Å²) in [5.41, 5.74) is 0. The molecular formula is C14H17N5O7S. The molecule has 2 rings (SSSR count). The number of carbonyl (C=O) groups excluding carboxylic acids is 1. The zero-order valence-corrected chi connectivity index (χ0v) is 15.7. The van der Waals surface area contributed by atoms with E-state index >= 15 is 0 Å². The van der Waals surface area contributed by atoms with Crippen LogP contribution < -0.4 is 29.0 Å². The van der Waals surface area contributed by atoms with Crippen LogP contribution in [-0.2, 0) is 10.0 Å². The number of methoxy groups -OCH3 is 4. The first-order valence-corrected chi connectivity index (χ1v) is 8.71. The van der Waals surface area contributed by atoms with Crippen LogP contribution >= 0.6 is 0 Å². The fourth-order valence-corrected chi connectivity index (χ4v) is 2.97. The number of hydrogen-bond donors (Lipinski definition) is 2. The van der Waals surface area contributed by atoms with Crippen molar-refractivity contribution >= 4 is 22.0 Å². The van der Waals surface area contributed by atoms with E-state index in [0.717, 1.165) is 0 Å². The van der Waals surface area contributed by atoms with Gasteiger partial charge in [-0.1, -0.05) is 0 Å². The predicted octanol–water partition coefficient (Wildman–Crippen LogP) is 0.416. The Morgan fingerprint density at radius 1 is 0.926 bits per heavy atom. The first-order valence-electron chi connectivity index (χ1n) is 7.22. The fraction of sp³-hybridized carbons (Fsp3) is 0.286. The first kappa shape index (κ1) is 20.0. The van der Waals surface area contributed by atoms with Gasteiger partial charge >= 0.3 is 18.1 Å². The Bertz CT molecular complexity index is 913. The van der Waals surface area contributed by atoms with Crippen LogP contribution in [0, 0.1) is 0 Å². The molecule has 12 nitrogen and oxygen atoms in total. The van der Waals surface area contributed by atoms with E-state index in [2.05, 4.69) is 20.3 Å². The lowest BCUT2D eigenvalue weighted by Gasteiger charge is -2.12. The highest BCUT2D eigenvalue weighted by Crippen LogP contribution is 2.28. The topological polar surface area (TPSA) is 151 Å². The minimum Gasteiger partial charge on any atom is -0.497 e. The van der Waals surface area contributed by atoms with Crippen molar-refractivity contribution in [2.24, 2.45) is 0 Å². The summed E-state index contributed by atoms with van der Waals surface area (Å²) in [4.78, 5) is 23.1. The first-order chi connectivity index (χ1) is 12.8. The van der Waals surface area contributed by atoms with E-state index in [4.69, 9.17) is 18.9 Å². The number of nitrogens with one attached hydrogen (secondary N) is 2. The summed E-state index contributed by atoms with van der Waals surface area (Å²) >= 11 is 0. The number of nitrogens with zero attached hydrogens (tertiary/aromatic N) is 3. The summed E-state index contributed by atoms with van der Waals surface area (Å²) in [5, 5.41) is 2.16. The number of hydrogen-bond acceptors (Lipinski definition) is 10. The molecule has 0 fully saturated rings. The number of benzene rings is 1. The Morgan fingerprint density at radius 2 is 1.56 bits per heavy atom. The molecule has 0 atom stereocenters. The van der Waals surface area contributed by atoms with Crippen molar-refractivity contribution in [2.45, 2.75) is 4.90 Å². The minimum absolute atomic E-state index is 0.0274. The van der Waals surface area contributed by atoms with Gasteiger partial charge in [-0.25, -0.2) is 17.9 Å². The van der Waals surface area contributed by atoms with Crippen LogP contribution in [0.5, 0.6) is 23.5 Å². The van der Waals surface area contributed by atoms with E-state index in [1.54, 1.807) is 0 Å². The monoisotopic (exact) mass is 399 g/mol. The van der Waals surface area contributed by atoms with Gasteiger partial charge < -0.3 is 18.9 Å². The molecule has 146 valence electrons. The van der Waals surface area contributed by atoms with Crippen molar-refractivity contribution in [1.29, 1.82) is 0 Å². The highest BCUT2D eigenvalue weighted by atomic mass is 32.2. The standard InChI is InChI=1S/C14H17N5O7S/c1-23-8-5-6-9(24-2)10(7-8)27(21,22)19-12(20)15-11-16-13(25-3)18-14(17-11)26-4/h5-7H,1-4H3,(H2,15,16,17,18,19,20). The molecule has 1 aromatic heterocycles. The van der Waals surface area contributed by atoms with Crippen LogP contribution in [0.25, 0.3) is 0 Å². The second-order valence-corrected chi connectivity index (χ2v) is 6.36. The van der Waals surface area contributed by atoms with Gasteiger partial charge in [0, 0.05) is 6.07 Å². The number of urea groups is 1. The van der Waals surface area contributed by atoms with E-state index in [1.807, 2.05) is 4.72 Å². The Labute approximate surface area is 154 Å². The van der Waals surface area contributed by atoms with Crippen LogP contribution in [0.4, 0.5) is 10.7 Å². The Morgan fingerprint density at radius 3 is 2.07 bits per heavy atom. The molecule has 0 aliphatic carbocycles. The third-order valence-electron chi connectivity index (χ3n) is 3.07. The van der Waals surface area contributed by atoms with E-state index in [-0.39, 0.29) is 34.4 Å². The van der Waals surface area contributed by atoms with E-state index in [1.165, 1.54) is 46.6 Å². The molecule has 0 saturated heterocycles. The molecule has 0 spiro atoms. The van der Waals surface area contributed by atoms with Gasteiger partial charge in [-0.3, -0.25) is 5.32 Å². The van der Waals surface area contributed by atoms with Crippen molar-refractivity contribution in [3.63, 3.8) is 0 Å². The number of carbonyl (C=O) groups is 1. The number of ether oxygens (including phenoxy) is 4. The third kappa shape index (κ3) is 4.84. The molecule has 1 aromatic carbocycles. The number of anilines is 1. The molecule has 2 amide bonds.